The number of hydrogen-bond donors (Lipinski definition) is 13. The van der Waals surface area contributed by atoms with E-state index < -0.39 is 108 Å². The van der Waals surface area contributed by atoms with Gasteiger partial charge in [-0.05, 0) is 130 Å². The number of aromatic hydroxyl groups is 2. The number of carbonyl (C=O) groups excluding carboxylic acids is 9. The maximum Gasteiger partial charge on any atom is 0.252 e. The van der Waals surface area contributed by atoms with E-state index in [2.05, 4.69) is 42.2 Å². The van der Waals surface area contributed by atoms with Crippen LogP contribution in [-0.2, 0) is 57.6 Å². The highest BCUT2D eigenvalue weighted by Crippen LogP contribution is 2.26. The minimum atomic E-state index is -1.74. The first kappa shape index (κ1) is 65.5. The maximum absolute atomic E-state index is 14.8. The predicted molar refractivity (Wildman–Crippen MR) is 311 cm³/mol. The normalized spacial score (nSPS) is 20.8. The van der Waals surface area contributed by atoms with Gasteiger partial charge in [-0.15, -0.1) is 0 Å². The van der Waals surface area contributed by atoms with Crippen LogP contribution < -0.4 is 54.4 Å². The third-order valence-corrected chi connectivity index (χ3v) is 15.9. The summed E-state index contributed by atoms with van der Waals surface area (Å²) in [7, 11) is 1.98. The van der Waals surface area contributed by atoms with Crippen LogP contribution >= 0.6 is 33.2 Å². The first-order chi connectivity index (χ1) is 39.2. The van der Waals surface area contributed by atoms with Crippen molar-refractivity contribution in [1.82, 2.24) is 42.2 Å². The molecule has 1 saturated heterocycles. The second kappa shape index (κ2) is 33.6. The van der Waals surface area contributed by atoms with Crippen molar-refractivity contribution < 1.29 is 58.5 Å². The molecule has 0 aliphatic carbocycles. The number of ketones is 1. The second-order valence-electron chi connectivity index (χ2n) is 19.8. The first-order valence-electron chi connectivity index (χ1n) is 26.7. The number of benzene rings is 3. The summed E-state index contributed by atoms with van der Waals surface area (Å²) < 4.78 is 0. The standard InChI is InChI=1S/C56H72ClN11O12S2/c1-32(69)48-56(80)67-46(55(79)65-44(49(60)73)27-35-14-20-40(71)21-15-35)31-82-81-30-45(66-52(76)41(59)26-34-10-16-38(57)17-11-34)47(72)28-37(25-33-12-18-39(70)19-13-33)51(75)63-42(53(77)64-43(54(78)68-48)8-2-4-22-58)9-3-5-24-62-50(74)36-7-6-23-61-29-36/h6-7,10-21,23,29,32,37,41-46,48,69-71H,2-5,8-9,22,24-28,30-31,58-59H2,1H3,(H2,60,73)(H,62,74)(H,63,75)(H,64,77)(H,65,79)(H,66,76)(H,67,80)(H,68,78)/t32-,37-,41+,42-,43+,44-,45-,46+,48+/m1/s1. The Hall–Kier alpha value is -7.29. The number of halogens is 1. The molecule has 2 heterocycles. The molecule has 26 heteroatoms. The zero-order valence-electron chi connectivity index (χ0n) is 45.2. The van der Waals surface area contributed by atoms with Crippen LogP contribution in [0.4, 0.5) is 0 Å². The third-order valence-electron chi connectivity index (χ3n) is 13.3. The van der Waals surface area contributed by atoms with Crippen molar-refractivity contribution >= 4 is 86.2 Å². The summed E-state index contributed by atoms with van der Waals surface area (Å²) in [4.78, 5) is 130. The predicted octanol–water partition coefficient (Wildman–Crippen LogP) is 0.976. The Balaban J connectivity index is 1.53. The highest BCUT2D eigenvalue weighted by atomic mass is 35.5. The minimum absolute atomic E-state index is 0.0210. The minimum Gasteiger partial charge on any atom is -0.508 e. The number of unbranched alkanes of at least 4 members (excludes halogenated alkanes) is 2. The molecule has 442 valence electrons. The molecule has 5 rings (SSSR count). The van der Waals surface area contributed by atoms with Gasteiger partial charge in [-0.3, -0.25) is 48.1 Å². The molecule has 0 unspecified atom stereocenters. The number of nitrogens with one attached hydrogen (secondary N) is 7. The molecular weight excluding hydrogens is 1120 g/mol. The quantitative estimate of drug-likeness (QED) is 0.0385. The number of carbonyl (C=O) groups is 9. The Morgan fingerprint density at radius 3 is 1.94 bits per heavy atom. The second-order valence-corrected chi connectivity index (χ2v) is 22.8. The summed E-state index contributed by atoms with van der Waals surface area (Å²) in [6.07, 6.45) is 1.89. The van der Waals surface area contributed by atoms with Gasteiger partial charge in [-0.2, -0.15) is 0 Å². The average molecular weight is 1190 g/mol. The van der Waals surface area contributed by atoms with Crippen LogP contribution in [0, 0.1) is 5.92 Å². The van der Waals surface area contributed by atoms with Crippen molar-refractivity contribution in [3.8, 4) is 11.5 Å². The maximum atomic E-state index is 14.8. The molecule has 8 amide bonds. The van der Waals surface area contributed by atoms with Gasteiger partial charge in [0, 0.05) is 54.2 Å². The van der Waals surface area contributed by atoms with Crippen molar-refractivity contribution in [2.24, 2.45) is 23.1 Å². The summed E-state index contributed by atoms with van der Waals surface area (Å²) in [6, 6.07) is 11.7. The fourth-order valence-electron chi connectivity index (χ4n) is 8.59. The topological polar surface area (TPSA) is 389 Å². The van der Waals surface area contributed by atoms with Crippen molar-refractivity contribution in [3.05, 3.63) is 125 Å². The molecule has 3 aromatic carbocycles. The van der Waals surface area contributed by atoms with Gasteiger partial charge in [-0.25, -0.2) is 0 Å². The van der Waals surface area contributed by atoms with Crippen LogP contribution in [-0.4, -0.2) is 146 Å². The van der Waals surface area contributed by atoms with E-state index in [0.29, 0.717) is 46.5 Å². The summed E-state index contributed by atoms with van der Waals surface area (Å²) in [5, 5.41) is 50.1. The molecule has 1 aliphatic rings. The number of pyridine rings is 1. The molecule has 82 heavy (non-hydrogen) atoms. The fraction of sp³-hybridized carbons (Fsp3) is 0.429. The number of nitrogens with zero attached hydrogens (tertiary/aromatic N) is 1. The molecule has 1 aliphatic heterocycles. The molecule has 16 N–H and O–H groups in total. The lowest BCUT2D eigenvalue weighted by molar-refractivity contribution is -0.137. The van der Waals surface area contributed by atoms with Gasteiger partial charge in [0.2, 0.25) is 41.4 Å². The summed E-state index contributed by atoms with van der Waals surface area (Å²) in [5.74, 6) is -8.90. The van der Waals surface area contributed by atoms with Gasteiger partial charge >= 0.3 is 0 Å². The van der Waals surface area contributed by atoms with E-state index in [9.17, 15) is 58.5 Å². The van der Waals surface area contributed by atoms with E-state index in [-0.39, 0.29) is 80.5 Å². The number of amides is 8. The highest BCUT2D eigenvalue weighted by molar-refractivity contribution is 8.76. The van der Waals surface area contributed by atoms with Crippen LogP contribution in [0.1, 0.15) is 78.9 Å². The van der Waals surface area contributed by atoms with Crippen molar-refractivity contribution in [3.63, 3.8) is 0 Å². The molecule has 1 aromatic heterocycles. The molecule has 4 aromatic rings. The zero-order chi connectivity index (χ0) is 59.7. The Bertz CT molecular complexity index is 2790. The highest BCUT2D eigenvalue weighted by Gasteiger charge is 2.36. The van der Waals surface area contributed by atoms with Gasteiger partial charge in [-0.1, -0.05) is 69.6 Å². The van der Waals surface area contributed by atoms with E-state index in [4.69, 9.17) is 28.8 Å². The van der Waals surface area contributed by atoms with Crippen LogP contribution in [0.25, 0.3) is 0 Å². The summed E-state index contributed by atoms with van der Waals surface area (Å²) >= 11 is 6.08. The summed E-state index contributed by atoms with van der Waals surface area (Å²) in [5.41, 5.74) is 20.0. The number of aliphatic hydroxyl groups excluding tert-OH is 1. The monoisotopic (exact) mass is 1190 g/mol. The van der Waals surface area contributed by atoms with Gasteiger partial charge in [0.05, 0.1) is 23.8 Å². The van der Waals surface area contributed by atoms with Gasteiger partial charge < -0.3 is 69.7 Å². The van der Waals surface area contributed by atoms with E-state index in [1.54, 1.807) is 48.5 Å². The fourth-order valence-corrected chi connectivity index (χ4v) is 11.1. The number of phenolic OH excluding ortho intramolecular Hbond substituents is 2. The van der Waals surface area contributed by atoms with Gasteiger partial charge in [0.1, 0.15) is 41.7 Å². The molecule has 0 saturated carbocycles. The average Bonchev–Trinajstić information content (AvgIpc) is 3.61. The zero-order valence-corrected chi connectivity index (χ0v) is 47.6. The van der Waals surface area contributed by atoms with E-state index >= 15 is 0 Å². The molecule has 1 fully saturated rings. The number of aliphatic hydroxyl groups is 1. The third kappa shape index (κ3) is 21.9. The van der Waals surface area contributed by atoms with Crippen LogP contribution in [0.2, 0.25) is 5.02 Å². The van der Waals surface area contributed by atoms with Crippen LogP contribution in [0.3, 0.4) is 0 Å². The lowest BCUT2D eigenvalue weighted by Gasteiger charge is -2.29. The van der Waals surface area contributed by atoms with Crippen molar-refractivity contribution in [2.75, 3.05) is 24.6 Å². The smallest absolute Gasteiger partial charge is 0.252 e. The van der Waals surface area contributed by atoms with Crippen molar-refractivity contribution in [1.29, 1.82) is 0 Å². The van der Waals surface area contributed by atoms with E-state index in [1.165, 1.54) is 55.7 Å². The molecular formula is C56H72ClN11O12S2. The molecule has 9 atom stereocenters. The Kier molecular flexibility index (Phi) is 26.8. The first-order valence-corrected chi connectivity index (χ1v) is 29.6. The number of phenols is 2. The van der Waals surface area contributed by atoms with E-state index in [0.717, 1.165) is 21.6 Å². The number of primary amides is 1. The lowest BCUT2D eigenvalue weighted by Crippen LogP contribution is -2.61. The van der Waals surface area contributed by atoms with Crippen LogP contribution in [0.15, 0.2) is 97.3 Å². The number of Topliss-reactive ketones (excluding diaryl/α,β-unsaturated/α-hetero) is 1. The number of hydrogen-bond acceptors (Lipinski definition) is 17. The van der Waals surface area contributed by atoms with Crippen LogP contribution in [0.5, 0.6) is 11.5 Å². The Morgan fingerprint density at radius 2 is 1.33 bits per heavy atom. The van der Waals surface area contributed by atoms with E-state index in [1.807, 2.05) is 0 Å². The Labute approximate surface area is 488 Å². The van der Waals surface area contributed by atoms with Gasteiger partial charge in [0.25, 0.3) is 5.91 Å². The van der Waals surface area contributed by atoms with Gasteiger partial charge in [0.15, 0.2) is 5.78 Å². The largest absolute Gasteiger partial charge is 0.508 e. The Morgan fingerprint density at radius 1 is 0.744 bits per heavy atom. The number of aromatic nitrogens is 1. The molecule has 0 spiro atoms. The SMILES string of the molecule is C[C@@H](O)[C@@H]1NC(=O)[C@H](CCCCN)NC(=O)[C@@H](CCCCNC(=O)c2cccnc2)NC(=O)[C@H](Cc2ccc(O)cc2)CC(=O)[C@H](NC(=O)[C@@H](N)Cc2ccc(Cl)cc2)CSSC[C@@H](C(=O)N[C@H](Cc2ccc(O)cc2)C(N)=O)NC1=O. The molecule has 0 bridgehead atoms. The number of rotatable bonds is 22. The lowest BCUT2D eigenvalue weighted by atomic mass is 9.91. The molecule has 0 radical (unpaired) electrons. The van der Waals surface area contributed by atoms with Crippen molar-refractivity contribution in [2.45, 2.75) is 120 Å². The summed E-state index contributed by atoms with van der Waals surface area (Å²) in [6.45, 7) is 1.61. The molecule has 23 nitrogen and oxygen atoms in total. The number of nitrogens with two attached hydrogens (primary N) is 3.